The van der Waals surface area contributed by atoms with Crippen LogP contribution in [0.15, 0.2) is 0 Å². The summed E-state index contributed by atoms with van der Waals surface area (Å²) >= 11 is 0. The average molecular weight is 181 g/mol. The molecule has 3 nitrogen and oxygen atoms in total. The zero-order chi connectivity index (χ0) is 9.84. The van der Waals surface area contributed by atoms with Gasteiger partial charge in [0.2, 0.25) is 5.91 Å². The summed E-state index contributed by atoms with van der Waals surface area (Å²) in [5.74, 6) is 2.57. The molecule has 0 aromatic heterocycles. The summed E-state index contributed by atoms with van der Waals surface area (Å²) in [4.78, 5) is 12.9. The van der Waals surface area contributed by atoms with E-state index in [1.807, 2.05) is 6.92 Å². The lowest BCUT2D eigenvalue weighted by atomic mass is 10.1. The number of aliphatic hydroxyl groups excluding tert-OH is 1. The number of aliphatic hydroxyl groups is 1. The fourth-order valence-corrected chi connectivity index (χ4v) is 1.62. The molecule has 1 fully saturated rings. The van der Waals surface area contributed by atoms with Gasteiger partial charge in [-0.3, -0.25) is 4.79 Å². The molecule has 0 bridgehead atoms. The van der Waals surface area contributed by atoms with Crippen LogP contribution in [0.25, 0.3) is 0 Å². The number of nitrogens with zero attached hydrogens (tertiary/aromatic N) is 1. The van der Waals surface area contributed by atoms with E-state index in [0.717, 1.165) is 12.8 Å². The molecular weight excluding hydrogens is 166 g/mol. The molecule has 3 heteroatoms. The quantitative estimate of drug-likeness (QED) is 0.639. The first kappa shape index (κ1) is 10.1. The summed E-state index contributed by atoms with van der Waals surface area (Å²) in [6.45, 7) is 2.43. The Hall–Kier alpha value is -1.01. The van der Waals surface area contributed by atoms with Crippen molar-refractivity contribution >= 4 is 5.91 Å². The predicted molar refractivity (Wildman–Crippen MR) is 49.9 cm³/mol. The van der Waals surface area contributed by atoms with E-state index in [0.29, 0.717) is 6.54 Å². The van der Waals surface area contributed by atoms with Crippen molar-refractivity contribution < 1.29 is 9.90 Å². The van der Waals surface area contributed by atoms with Gasteiger partial charge in [0.25, 0.3) is 0 Å². The van der Waals surface area contributed by atoms with Crippen LogP contribution in [0.3, 0.4) is 0 Å². The van der Waals surface area contributed by atoms with Gasteiger partial charge in [-0.2, -0.15) is 0 Å². The van der Waals surface area contributed by atoms with Gasteiger partial charge in [0.05, 0.1) is 18.6 Å². The van der Waals surface area contributed by atoms with E-state index in [4.69, 9.17) is 6.42 Å². The number of hydrogen-bond donors (Lipinski definition) is 1. The Morgan fingerprint density at radius 1 is 1.85 bits per heavy atom. The van der Waals surface area contributed by atoms with E-state index in [1.54, 1.807) is 4.90 Å². The molecule has 0 aromatic rings. The number of amides is 1. The maximum absolute atomic E-state index is 11.3. The van der Waals surface area contributed by atoms with Crippen molar-refractivity contribution in [3.63, 3.8) is 0 Å². The van der Waals surface area contributed by atoms with Crippen LogP contribution in [0.2, 0.25) is 0 Å². The van der Waals surface area contributed by atoms with Crippen molar-refractivity contribution in [1.82, 2.24) is 4.90 Å². The van der Waals surface area contributed by atoms with Crippen LogP contribution in [0, 0.1) is 12.3 Å². The first-order valence-corrected chi connectivity index (χ1v) is 4.62. The Bertz CT molecular complexity index is 232. The van der Waals surface area contributed by atoms with Crippen LogP contribution in [0.5, 0.6) is 0 Å². The summed E-state index contributed by atoms with van der Waals surface area (Å²) in [5.41, 5.74) is 0. The highest BCUT2D eigenvalue weighted by molar-refractivity contribution is 5.79. The smallest absolute Gasteiger partial charge is 0.226 e. The highest BCUT2D eigenvalue weighted by Crippen LogP contribution is 2.16. The fraction of sp³-hybridized carbons (Fsp3) is 0.700. The second kappa shape index (κ2) is 4.29. The van der Waals surface area contributed by atoms with Crippen LogP contribution in [-0.4, -0.2) is 34.6 Å². The Morgan fingerprint density at radius 2 is 2.54 bits per heavy atom. The molecule has 0 aromatic carbocycles. The third-order valence-corrected chi connectivity index (χ3v) is 2.27. The number of terminal acetylenes is 1. The van der Waals surface area contributed by atoms with E-state index in [-0.39, 0.29) is 18.4 Å². The first-order valence-electron chi connectivity index (χ1n) is 4.62. The molecule has 0 radical (unpaired) electrons. The molecule has 2 unspecified atom stereocenters. The first-order chi connectivity index (χ1) is 6.19. The summed E-state index contributed by atoms with van der Waals surface area (Å²) in [7, 11) is 0. The molecule has 1 aliphatic rings. The van der Waals surface area contributed by atoms with Crippen LogP contribution >= 0.6 is 0 Å². The topological polar surface area (TPSA) is 40.5 Å². The molecule has 1 aliphatic heterocycles. The third kappa shape index (κ3) is 2.22. The number of likely N-dealkylation sites (tertiary alicyclic amines) is 1. The monoisotopic (exact) mass is 181 g/mol. The van der Waals surface area contributed by atoms with Crippen molar-refractivity contribution in [3.05, 3.63) is 0 Å². The molecule has 1 N–H and O–H groups in total. The van der Waals surface area contributed by atoms with E-state index >= 15 is 0 Å². The molecule has 2 atom stereocenters. The Kier molecular flexibility index (Phi) is 3.32. The van der Waals surface area contributed by atoms with Crippen molar-refractivity contribution in [3.8, 4) is 12.3 Å². The second-order valence-corrected chi connectivity index (χ2v) is 3.38. The van der Waals surface area contributed by atoms with Gasteiger partial charge in [0.15, 0.2) is 0 Å². The number of hydrogen-bond acceptors (Lipinski definition) is 2. The Morgan fingerprint density at radius 3 is 2.92 bits per heavy atom. The molecule has 0 spiro atoms. The molecule has 1 heterocycles. The van der Waals surface area contributed by atoms with Gasteiger partial charge < -0.3 is 10.0 Å². The Balaban J connectivity index is 2.60. The fourth-order valence-electron chi connectivity index (χ4n) is 1.62. The van der Waals surface area contributed by atoms with Gasteiger partial charge in [-0.05, 0) is 6.42 Å². The van der Waals surface area contributed by atoms with Crippen LogP contribution < -0.4 is 0 Å². The highest BCUT2D eigenvalue weighted by atomic mass is 16.3. The highest BCUT2D eigenvalue weighted by Gasteiger charge is 2.31. The van der Waals surface area contributed by atoms with E-state index in [2.05, 4.69) is 5.92 Å². The van der Waals surface area contributed by atoms with Crippen LogP contribution in [0.4, 0.5) is 0 Å². The normalized spacial score (nSPS) is 24.5. The largest absolute Gasteiger partial charge is 0.391 e. The predicted octanol–water partition coefficient (Wildman–Crippen LogP) is 0.382. The lowest BCUT2D eigenvalue weighted by Crippen LogP contribution is -2.35. The van der Waals surface area contributed by atoms with Gasteiger partial charge in [0, 0.05) is 6.54 Å². The maximum atomic E-state index is 11.3. The van der Waals surface area contributed by atoms with Gasteiger partial charge in [0.1, 0.15) is 0 Å². The number of rotatable bonds is 3. The summed E-state index contributed by atoms with van der Waals surface area (Å²) < 4.78 is 0. The third-order valence-electron chi connectivity index (χ3n) is 2.27. The van der Waals surface area contributed by atoms with E-state index < -0.39 is 6.10 Å². The number of carbonyl (C=O) groups excluding carboxylic acids is 1. The summed E-state index contributed by atoms with van der Waals surface area (Å²) in [5, 5.41) is 9.25. The van der Waals surface area contributed by atoms with Gasteiger partial charge in [-0.25, -0.2) is 0 Å². The average Bonchev–Trinajstić information content (AvgIpc) is 2.41. The van der Waals surface area contributed by atoms with Gasteiger partial charge in [-0.1, -0.05) is 19.3 Å². The molecule has 72 valence electrons. The lowest BCUT2D eigenvalue weighted by molar-refractivity contribution is -0.128. The van der Waals surface area contributed by atoms with Gasteiger partial charge >= 0.3 is 0 Å². The standard InChI is InChI=1S/C10H15NO2/c1-3-5-8(4-2)11-7-9(12)6-10(11)13/h2,8-9,12H,3,5-7H2,1H3. The molecule has 13 heavy (non-hydrogen) atoms. The zero-order valence-electron chi connectivity index (χ0n) is 7.86. The second-order valence-electron chi connectivity index (χ2n) is 3.38. The molecule has 0 aliphatic carbocycles. The van der Waals surface area contributed by atoms with Crippen molar-refractivity contribution in [2.75, 3.05) is 6.54 Å². The van der Waals surface area contributed by atoms with Crippen molar-refractivity contribution in [1.29, 1.82) is 0 Å². The summed E-state index contributed by atoms with van der Waals surface area (Å²) in [6.07, 6.45) is 6.78. The van der Waals surface area contributed by atoms with Crippen LogP contribution in [-0.2, 0) is 4.79 Å². The van der Waals surface area contributed by atoms with E-state index in [9.17, 15) is 9.90 Å². The molecule has 0 saturated carbocycles. The zero-order valence-corrected chi connectivity index (χ0v) is 7.86. The minimum atomic E-state index is -0.528. The molecule has 1 amide bonds. The number of β-amino-alcohol motifs (C(OH)–C–C–N with tert-alkyl or cyclic N) is 1. The van der Waals surface area contributed by atoms with Gasteiger partial charge in [-0.15, -0.1) is 6.42 Å². The van der Waals surface area contributed by atoms with Crippen molar-refractivity contribution in [2.24, 2.45) is 0 Å². The molecular formula is C10H15NO2. The molecule has 1 saturated heterocycles. The SMILES string of the molecule is C#CC(CCC)N1CC(O)CC1=O. The maximum Gasteiger partial charge on any atom is 0.226 e. The molecule has 1 rings (SSSR count). The van der Waals surface area contributed by atoms with Crippen LogP contribution in [0.1, 0.15) is 26.2 Å². The van der Waals surface area contributed by atoms with E-state index in [1.165, 1.54) is 0 Å². The Labute approximate surface area is 78.7 Å². The lowest BCUT2D eigenvalue weighted by Gasteiger charge is -2.22. The minimum Gasteiger partial charge on any atom is -0.391 e. The van der Waals surface area contributed by atoms with Crippen molar-refractivity contribution in [2.45, 2.75) is 38.3 Å². The minimum absolute atomic E-state index is 0.0242. The summed E-state index contributed by atoms with van der Waals surface area (Å²) in [6, 6.07) is -0.130. The number of carbonyl (C=O) groups is 1.